The Kier molecular flexibility index (Phi) is 8.98. The topological polar surface area (TPSA) is 108 Å². The van der Waals surface area contributed by atoms with Gasteiger partial charge in [-0.15, -0.1) is 12.4 Å². The molecule has 3 aliphatic heterocycles. The maximum Gasteiger partial charge on any atom is 0.237 e. The molecule has 0 aliphatic carbocycles. The average molecular weight is 416 g/mol. The van der Waals surface area contributed by atoms with Crippen molar-refractivity contribution in [1.82, 2.24) is 20.4 Å². The van der Waals surface area contributed by atoms with Crippen molar-refractivity contribution in [3.8, 4) is 0 Å². The number of piperidine rings is 2. The largest absolute Gasteiger partial charge is 0.369 e. The molecule has 0 bridgehead atoms. The molecule has 3 amide bonds. The number of carbonyl (C=O) groups excluding carboxylic acids is 3. The maximum absolute atomic E-state index is 12.6. The Balaban J connectivity index is 0.00000280. The predicted molar refractivity (Wildman–Crippen MR) is 109 cm³/mol. The van der Waals surface area contributed by atoms with Crippen LogP contribution in [0.15, 0.2) is 0 Å². The van der Waals surface area contributed by atoms with Crippen molar-refractivity contribution in [1.29, 1.82) is 0 Å². The fraction of sp³-hybridized carbons (Fsp3) is 0.842. The third-order valence-electron chi connectivity index (χ3n) is 6.08. The van der Waals surface area contributed by atoms with E-state index < -0.39 is 0 Å². The molecule has 0 aromatic rings. The zero-order chi connectivity index (χ0) is 19.2. The van der Waals surface area contributed by atoms with Crippen LogP contribution in [0, 0.1) is 11.8 Å². The molecule has 0 aromatic heterocycles. The van der Waals surface area contributed by atoms with Crippen LogP contribution in [0.25, 0.3) is 0 Å². The SMILES string of the molecule is Cl.NC(=O)C1CCCN(C(=O)CN2CCCC(CNC(=O)C3CCCN3)C2)C1. The zero-order valence-electron chi connectivity index (χ0n) is 16.5. The minimum Gasteiger partial charge on any atom is -0.369 e. The number of halogens is 1. The molecule has 4 N–H and O–H groups in total. The Labute approximate surface area is 173 Å². The summed E-state index contributed by atoms with van der Waals surface area (Å²) < 4.78 is 0. The van der Waals surface area contributed by atoms with Gasteiger partial charge in [-0.05, 0) is 57.5 Å². The lowest BCUT2D eigenvalue weighted by atomic mass is 9.96. The highest BCUT2D eigenvalue weighted by Gasteiger charge is 2.29. The Hall–Kier alpha value is -1.38. The lowest BCUT2D eigenvalue weighted by molar-refractivity contribution is -0.136. The summed E-state index contributed by atoms with van der Waals surface area (Å²) >= 11 is 0. The standard InChI is InChI=1S/C19H33N5O3.ClH/c20-18(26)15-5-3-9-24(12-15)17(25)13-23-8-2-4-14(11-23)10-22-19(27)16-6-1-7-21-16;/h14-16,21H,1-13H2,(H2,20,26)(H,22,27);1H. The summed E-state index contributed by atoms with van der Waals surface area (Å²) in [6, 6.07) is -0.0384. The second-order valence-electron chi connectivity index (χ2n) is 8.22. The van der Waals surface area contributed by atoms with Gasteiger partial charge in [0.1, 0.15) is 0 Å². The van der Waals surface area contributed by atoms with Gasteiger partial charge in [0.2, 0.25) is 17.7 Å². The van der Waals surface area contributed by atoms with E-state index in [9.17, 15) is 14.4 Å². The first-order valence-corrected chi connectivity index (χ1v) is 10.3. The summed E-state index contributed by atoms with van der Waals surface area (Å²) in [7, 11) is 0. The maximum atomic E-state index is 12.6. The Morgan fingerprint density at radius 3 is 2.54 bits per heavy atom. The van der Waals surface area contributed by atoms with Gasteiger partial charge in [-0.1, -0.05) is 0 Å². The lowest BCUT2D eigenvalue weighted by Crippen LogP contribution is -2.50. The van der Waals surface area contributed by atoms with Crippen molar-refractivity contribution in [2.75, 3.05) is 45.8 Å². The van der Waals surface area contributed by atoms with E-state index in [-0.39, 0.29) is 42.1 Å². The normalized spacial score (nSPS) is 28.4. The van der Waals surface area contributed by atoms with E-state index in [1.165, 1.54) is 0 Å². The van der Waals surface area contributed by atoms with Crippen LogP contribution >= 0.6 is 12.4 Å². The lowest BCUT2D eigenvalue weighted by Gasteiger charge is -2.36. The second kappa shape index (κ2) is 11.0. The van der Waals surface area contributed by atoms with Crippen molar-refractivity contribution >= 4 is 30.1 Å². The molecule has 0 saturated carbocycles. The summed E-state index contributed by atoms with van der Waals surface area (Å²) in [5.74, 6) is 0.0539. The number of rotatable bonds is 6. The Morgan fingerprint density at radius 1 is 1.04 bits per heavy atom. The molecule has 3 saturated heterocycles. The molecule has 0 spiro atoms. The van der Waals surface area contributed by atoms with E-state index in [2.05, 4.69) is 15.5 Å². The van der Waals surface area contributed by atoms with Crippen LogP contribution in [0.1, 0.15) is 38.5 Å². The number of amides is 3. The smallest absolute Gasteiger partial charge is 0.237 e. The van der Waals surface area contributed by atoms with Crippen LogP contribution in [0.2, 0.25) is 0 Å². The molecule has 3 atom stereocenters. The molecule has 0 radical (unpaired) electrons. The molecular weight excluding hydrogens is 382 g/mol. The highest BCUT2D eigenvalue weighted by atomic mass is 35.5. The van der Waals surface area contributed by atoms with Gasteiger partial charge >= 0.3 is 0 Å². The molecule has 9 heteroatoms. The third-order valence-corrected chi connectivity index (χ3v) is 6.08. The predicted octanol–water partition coefficient (Wildman–Crippen LogP) is -0.288. The van der Waals surface area contributed by atoms with E-state index in [4.69, 9.17) is 5.73 Å². The van der Waals surface area contributed by atoms with Gasteiger partial charge in [0.05, 0.1) is 18.5 Å². The van der Waals surface area contributed by atoms with Gasteiger partial charge in [-0.25, -0.2) is 0 Å². The van der Waals surface area contributed by atoms with Crippen molar-refractivity contribution in [3.63, 3.8) is 0 Å². The van der Waals surface area contributed by atoms with Crippen molar-refractivity contribution < 1.29 is 14.4 Å². The molecule has 28 heavy (non-hydrogen) atoms. The molecule has 0 aromatic carbocycles. The van der Waals surface area contributed by atoms with E-state index in [1.807, 2.05) is 0 Å². The molecule has 3 heterocycles. The molecule has 3 aliphatic rings. The molecule has 3 fully saturated rings. The van der Waals surface area contributed by atoms with Gasteiger partial charge in [-0.3, -0.25) is 19.3 Å². The van der Waals surface area contributed by atoms with Gasteiger partial charge in [-0.2, -0.15) is 0 Å². The molecule has 3 unspecified atom stereocenters. The van der Waals surface area contributed by atoms with Gasteiger partial charge in [0, 0.05) is 26.2 Å². The number of likely N-dealkylation sites (tertiary alicyclic amines) is 2. The first-order chi connectivity index (χ1) is 13.0. The summed E-state index contributed by atoms with van der Waals surface area (Å²) in [6.07, 6.45) is 5.71. The fourth-order valence-corrected chi connectivity index (χ4v) is 4.47. The van der Waals surface area contributed by atoms with Crippen LogP contribution < -0.4 is 16.4 Å². The summed E-state index contributed by atoms with van der Waals surface area (Å²) in [5, 5.41) is 6.30. The first-order valence-electron chi connectivity index (χ1n) is 10.3. The quantitative estimate of drug-likeness (QED) is 0.552. The molecule has 160 valence electrons. The average Bonchev–Trinajstić information content (AvgIpc) is 3.21. The molecule has 3 rings (SSSR count). The minimum atomic E-state index is -0.307. The Bertz CT molecular complexity index is 556. The van der Waals surface area contributed by atoms with Crippen molar-refractivity contribution in [2.24, 2.45) is 17.6 Å². The summed E-state index contributed by atoms with van der Waals surface area (Å²) in [5.41, 5.74) is 5.41. The number of hydrogen-bond acceptors (Lipinski definition) is 5. The number of carbonyl (C=O) groups is 3. The monoisotopic (exact) mass is 415 g/mol. The van der Waals surface area contributed by atoms with Crippen molar-refractivity contribution in [3.05, 3.63) is 0 Å². The van der Waals surface area contributed by atoms with Crippen LogP contribution in [-0.4, -0.2) is 79.4 Å². The van der Waals surface area contributed by atoms with Crippen molar-refractivity contribution in [2.45, 2.75) is 44.6 Å². The van der Waals surface area contributed by atoms with Gasteiger partial charge in [0.25, 0.3) is 0 Å². The first kappa shape index (κ1) is 22.9. The van der Waals surface area contributed by atoms with Gasteiger partial charge in [0.15, 0.2) is 0 Å². The second-order valence-corrected chi connectivity index (χ2v) is 8.22. The van der Waals surface area contributed by atoms with Crippen LogP contribution in [0.4, 0.5) is 0 Å². The van der Waals surface area contributed by atoms with Crippen LogP contribution in [0.3, 0.4) is 0 Å². The fourth-order valence-electron chi connectivity index (χ4n) is 4.47. The van der Waals surface area contributed by atoms with Crippen LogP contribution in [-0.2, 0) is 14.4 Å². The number of nitrogens with two attached hydrogens (primary N) is 1. The number of hydrogen-bond donors (Lipinski definition) is 3. The summed E-state index contributed by atoms with van der Waals surface area (Å²) in [6.45, 7) is 4.89. The van der Waals surface area contributed by atoms with Gasteiger partial charge < -0.3 is 21.3 Å². The highest BCUT2D eigenvalue weighted by molar-refractivity contribution is 5.85. The third kappa shape index (κ3) is 6.32. The van der Waals surface area contributed by atoms with E-state index in [0.29, 0.717) is 32.1 Å². The minimum absolute atomic E-state index is 0. The zero-order valence-corrected chi connectivity index (χ0v) is 17.3. The highest BCUT2D eigenvalue weighted by Crippen LogP contribution is 2.19. The molecule has 8 nitrogen and oxygen atoms in total. The number of nitrogens with one attached hydrogen (secondary N) is 2. The molecular formula is C19H34ClN5O3. The number of primary amides is 1. The Morgan fingerprint density at radius 2 is 1.82 bits per heavy atom. The van der Waals surface area contributed by atoms with Crippen LogP contribution in [0.5, 0.6) is 0 Å². The van der Waals surface area contributed by atoms with E-state index in [0.717, 1.165) is 58.2 Å². The summed E-state index contributed by atoms with van der Waals surface area (Å²) in [4.78, 5) is 40.2. The van der Waals surface area contributed by atoms with E-state index >= 15 is 0 Å². The van der Waals surface area contributed by atoms with E-state index in [1.54, 1.807) is 4.90 Å². The number of nitrogens with zero attached hydrogens (tertiary/aromatic N) is 2.